The van der Waals surface area contributed by atoms with Crippen molar-refractivity contribution < 1.29 is 4.79 Å². The molecule has 1 aliphatic rings. The lowest BCUT2D eigenvalue weighted by Gasteiger charge is -2.34. The van der Waals surface area contributed by atoms with Crippen molar-refractivity contribution in [3.63, 3.8) is 0 Å². The predicted molar refractivity (Wildman–Crippen MR) is 59.9 cm³/mol. The molecular formula is C10H15N5O. The molecule has 16 heavy (non-hydrogen) atoms. The second-order valence-corrected chi connectivity index (χ2v) is 3.79. The van der Waals surface area contributed by atoms with Crippen LogP contribution in [0.25, 0.3) is 0 Å². The molecule has 1 fully saturated rings. The van der Waals surface area contributed by atoms with Gasteiger partial charge in [0.1, 0.15) is 5.82 Å². The van der Waals surface area contributed by atoms with Crippen molar-refractivity contribution in [1.82, 2.24) is 14.9 Å². The number of piperazine rings is 1. The summed E-state index contributed by atoms with van der Waals surface area (Å²) < 4.78 is 0. The van der Waals surface area contributed by atoms with E-state index in [2.05, 4.69) is 19.8 Å². The van der Waals surface area contributed by atoms with Crippen LogP contribution in [0.15, 0.2) is 18.6 Å². The molecule has 2 heterocycles. The topological polar surface area (TPSA) is 75.4 Å². The second-order valence-electron chi connectivity index (χ2n) is 3.79. The highest BCUT2D eigenvalue weighted by Gasteiger charge is 2.18. The largest absolute Gasteiger partial charge is 0.369 e. The number of carbonyl (C=O) groups is 1. The van der Waals surface area contributed by atoms with Crippen molar-refractivity contribution in [3.8, 4) is 0 Å². The molecule has 0 bridgehead atoms. The lowest BCUT2D eigenvalue weighted by atomic mass is 10.3. The average molecular weight is 221 g/mol. The highest BCUT2D eigenvalue weighted by Crippen LogP contribution is 2.10. The van der Waals surface area contributed by atoms with E-state index in [0.29, 0.717) is 6.54 Å². The maximum absolute atomic E-state index is 10.8. The Balaban J connectivity index is 1.88. The van der Waals surface area contributed by atoms with E-state index >= 15 is 0 Å². The number of hydrogen-bond donors (Lipinski definition) is 1. The fourth-order valence-corrected chi connectivity index (χ4v) is 1.81. The normalized spacial score (nSPS) is 17.4. The van der Waals surface area contributed by atoms with E-state index in [0.717, 1.165) is 32.0 Å². The van der Waals surface area contributed by atoms with Gasteiger partial charge in [-0.1, -0.05) is 0 Å². The maximum atomic E-state index is 10.8. The first kappa shape index (κ1) is 10.8. The van der Waals surface area contributed by atoms with Gasteiger partial charge in [0.15, 0.2) is 0 Å². The van der Waals surface area contributed by atoms with Crippen LogP contribution in [-0.2, 0) is 4.79 Å². The first-order valence-corrected chi connectivity index (χ1v) is 5.27. The highest BCUT2D eigenvalue weighted by molar-refractivity contribution is 5.75. The first-order valence-electron chi connectivity index (χ1n) is 5.27. The van der Waals surface area contributed by atoms with Gasteiger partial charge < -0.3 is 10.6 Å². The molecule has 2 N–H and O–H groups in total. The van der Waals surface area contributed by atoms with Crippen molar-refractivity contribution in [3.05, 3.63) is 18.6 Å². The number of primary amides is 1. The van der Waals surface area contributed by atoms with Gasteiger partial charge in [0.25, 0.3) is 0 Å². The standard InChI is InChI=1S/C10H15N5O/c11-9(16)8-14-3-5-15(6-4-14)10-7-12-1-2-13-10/h1-2,7H,3-6,8H2,(H2,11,16). The fourth-order valence-electron chi connectivity index (χ4n) is 1.81. The van der Waals surface area contributed by atoms with Crippen LogP contribution < -0.4 is 10.6 Å². The number of carbonyl (C=O) groups excluding carboxylic acids is 1. The summed E-state index contributed by atoms with van der Waals surface area (Å²) in [6, 6.07) is 0. The molecule has 0 unspecified atom stereocenters. The van der Waals surface area contributed by atoms with Gasteiger partial charge in [-0.05, 0) is 0 Å². The zero-order chi connectivity index (χ0) is 11.4. The summed E-state index contributed by atoms with van der Waals surface area (Å²) in [5, 5.41) is 0. The van der Waals surface area contributed by atoms with Crippen LogP contribution in [0.5, 0.6) is 0 Å². The Labute approximate surface area is 94.1 Å². The van der Waals surface area contributed by atoms with Crippen LogP contribution in [0.4, 0.5) is 5.82 Å². The average Bonchev–Trinajstić information content (AvgIpc) is 2.30. The molecule has 1 amide bonds. The minimum absolute atomic E-state index is 0.270. The highest BCUT2D eigenvalue weighted by atomic mass is 16.1. The summed E-state index contributed by atoms with van der Waals surface area (Å²) in [5.41, 5.74) is 5.15. The Morgan fingerprint density at radius 1 is 1.31 bits per heavy atom. The van der Waals surface area contributed by atoms with Crippen LogP contribution >= 0.6 is 0 Å². The van der Waals surface area contributed by atoms with Crippen molar-refractivity contribution in [2.45, 2.75) is 0 Å². The third-order valence-electron chi connectivity index (χ3n) is 2.63. The molecule has 0 aliphatic carbocycles. The van der Waals surface area contributed by atoms with Crippen LogP contribution in [0, 0.1) is 0 Å². The SMILES string of the molecule is NC(=O)CN1CCN(c2cnccn2)CC1. The summed E-state index contributed by atoms with van der Waals surface area (Å²) >= 11 is 0. The minimum Gasteiger partial charge on any atom is -0.369 e. The Morgan fingerprint density at radius 3 is 2.62 bits per heavy atom. The van der Waals surface area contributed by atoms with Crippen molar-refractivity contribution in [1.29, 1.82) is 0 Å². The lowest BCUT2D eigenvalue weighted by Crippen LogP contribution is -2.49. The molecule has 1 aromatic heterocycles. The molecule has 2 rings (SSSR count). The first-order chi connectivity index (χ1) is 7.75. The molecule has 0 spiro atoms. The second kappa shape index (κ2) is 4.89. The molecule has 0 saturated carbocycles. The molecule has 0 aromatic carbocycles. The Kier molecular flexibility index (Phi) is 3.31. The van der Waals surface area contributed by atoms with Crippen molar-refractivity contribution in [2.24, 2.45) is 5.73 Å². The minimum atomic E-state index is -0.270. The zero-order valence-corrected chi connectivity index (χ0v) is 9.04. The van der Waals surface area contributed by atoms with Gasteiger partial charge in [-0.2, -0.15) is 0 Å². The summed E-state index contributed by atoms with van der Waals surface area (Å²) in [5.74, 6) is 0.620. The van der Waals surface area contributed by atoms with Gasteiger partial charge >= 0.3 is 0 Å². The number of nitrogens with zero attached hydrogens (tertiary/aromatic N) is 4. The Morgan fingerprint density at radius 2 is 2.06 bits per heavy atom. The summed E-state index contributed by atoms with van der Waals surface area (Å²) in [7, 11) is 0. The van der Waals surface area contributed by atoms with Gasteiger partial charge in [0.05, 0.1) is 12.7 Å². The molecule has 0 radical (unpaired) electrons. The van der Waals surface area contributed by atoms with Crippen LogP contribution in [0.3, 0.4) is 0 Å². The van der Waals surface area contributed by atoms with E-state index in [4.69, 9.17) is 5.73 Å². The molecule has 1 aliphatic heterocycles. The molecule has 1 aromatic rings. The van der Waals surface area contributed by atoms with Crippen LogP contribution in [0.2, 0.25) is 0 Å². The van der Waals surface area contributed by atoms with Crippen LogP contribution in [-0.4, -0.2) is 53.5 Å². The van der Waals surface area contributed by atoms with E-state index in [-0.39, 0.29) is 5.91 Å². The fraction of sp³-hybridized carbons (Fsp3) is 0.500. The van der Waals surface area contributed by atoms with Gasteiger partial charge in [0.2, 0.25) is 5.91 Å². The predicted octanol–water partition coefficient (Wildman–Crippen LogP) is -0.916. The van der Waals surface area contributed by atoms with Crippen molar-refractivity contribution in [2.75, 3.05) is 37.6 Å². The lowest BCUT2D eigenvalue weighted by molar-refractivity contribution is -0.119. The van der Waals surface area contributed by atoms with E-state index in [1.165, 1.54) is 0 Å². The van der Waals surface area contributed by atoms with E-state index in [9.17, 15) is 4.79 Å². The smallest absolute Gasteiger partial charge is 0.231 e. The molecule has 1 saturated heterocycles. The molecule has 0 atom stereocenters. The number of rotatable bonds is 3. The third-order valence-corrected chi connectivity index (χ3v) is 2.63. The number of hydrogen-bond acceptors (Lipinski definition) is 5. The van der Waals surface area contributed by atoms with Crippen molar-refractivity contribution >= 4 is 11.7 Å². The quantitative estimate of drug-likeness (QED) is 0.714. The van der Waals surface area contributed by atoms with Gasteiger partial charge in [0, 0.05) is 38.6 Å². The number of aromatic nitrogens is 2. The van der Waals surface area contributed by atoms with Gasteiger partial charge in [-0.15, -0.1) is 0 Å². The molecule has 6 heteroatoms. The zero-order valence-electron chi connectivity index (χ0n) is 9.04. The maximum Gasteiger partial charge on any atom is 0.231 e. The molecule has 86 valence electrons. The number of amides is 1. The third kappa shape index (κ3) is 2.66. The monoisotopic (exact) mass is 221 g/mol. The molecule has 6 nitrogen and oxygen atoms in total. The van der Waals surface area contributed by atoms with Crippen LogP contribution in [0.1, 0.15) is 0 Å². The van der Waals surface area contributed by atoms with Gasteiger partial charge in [-0.25, -0.2) is 4.98 Å². The summed E-state index contributed by atoms with van der Waals surface area (Å²) in [6.07, 6.45) is 5.10. The molecular weight excluding hydrogens is 206 g/mol. The number of nitrogens with two attached hydrogens (primary N) is 1. The van der Waals surface area contributed by atoms with Gasteiger partial charge in [-0.3, -0.25) is 14.7 Å². The van der Waals surface area contributed by atoms with E-state index < -0.39 is 0 Å². The Bertz CT molecular complexity index is 347. The summed E-state index contributed by atoms with van der Waals surface area (Å²) in [4.78, 5) is 23.2. The van der Waals surface area contributed by atoms with E-state index in [1.807, 2.05) is 0 Å². The Hall–Kier alpha value is -1.69. The van der Waals surface area contributed by atoms with E-state index in [1.54, 1.807) is 18.6 Å². The summed E-state index contributed by atoms with van der Waals surface area (Å²) in [6.45, 7) is 3.71. The number of anilines is 1.